The monoisotopic (exact) mass is 493 g/mol. The summed E-state index contributed by atoms with van der Waals surface area (Å²) in [6.07, 6.45) is 3.87. The zero-order chi connectivity index (χ0) is 25.1. The number of para-hydroxylation sites is 1. The molecule has 2 heterocycles. The summed E-state index contributed by atoms with van der Waals surface area (Å²) < 4.78 is 7.18. The van der Waals surface area contributed by atoms with E-state index in [4.69, 9.17) is 4.74 Å². The molecule has 0 unspecified atom stereocenters. The van der Waals surface area contributed by atoms with E-state index in [-0.39, 0.29) is 16.7 Å². The summed E-state index contributed by atoms with van der Waals surface area (Å²) in [5.74, 6) is -1.16. The van der Waals surface area contributed by atoms with E-state index in [0.717, 1.165) is 38.7 Å². The van der Waals surface area contributed by atoms with Crippen molar-refractivity contribution in [2.75, 3.05) is 6.54 Å². The number of non-ortho nitro benzene ring substituents is 1. The molecular weight excluding hydrogens is 470 g/mol. The van der Waals surface area contributed by atoms with Gasteiger partial charge in [-0.3, -0.25) is 29.4 Å². The molecule has 180 valence electrons. The number of nitrogens with zero attached hydrogens (tertiary/aromatic N) is 3. The molecule has 1 aliphatic heterocycles. The number of benzene rings is 2. The second-order valence-corrected chi connectivity index (χ2v) is 9.12. The molecule has 4 rings (SSSR count). The fourth-order valence-corrected chi connectivity index (χ4v) is 4.52. The molecule has 0 bridgehead atoms. The second kappa shape index (κ2) is 10.1. The quantitative estimate of drug-likeness (QED) is 0.188. The average Bonchev–Trinajstić information content (AvgIpc) is 3.31. The lowest BCUT2D eigenvalue weighted by atomic mass is 10.1. The first-order chi connectivity index (χ1) is 16.8. The Morgan fingerprint density at radius 1 is 1.17 bits per heavy atom. The van der Waals surface area contributed by atoms with Crippen LogP contribution in [0, 0.1) is 10.1 Å². The molecule has 1 aromatic heterocycles. The highest BCUT2D eigenvalue weighted by molar-refractivity contribution is 8.18. The highest BCUT2D eigenvalue weighted by atomic mass is 32.2. The Bertz CT molecular complexity index is 1340. The van der Waals surface area contributed by atoms with Crippen LogP contribution in [-0.4, -0.2) is 44.2 Å². The number of thioether (sulfide) groups is 1. The number of nitro benzene ring substituents is 1. The highest BCUT2D eigenvalue weighted by Gasteiger charge is 2.37. The SMILES string of the molecule is CC[C@@H](C)OC(=O)CN1C(=O)S/C(=C\c2cn(Cc3ccc([N+](=O)[O-])cc3)c3ccccc23)C1=O. The van der Waals surface area contributed by atoms with Gasteiger partial charge in [0.05, 0.1) is 15.9 Å². The van der Waals surface area contributed by atoms with Crippen LogP contribution < -0.4 is 0 Å². The zero-order valence-corrected chi connectivity index (χ0v) is 20.0. The first-order valence-corrected chi connectivity index (χ1v) is 11.8. The number of ether oxygens (including phenoxy) is 1. The molecule has 2 amide bonds. The van der Waals surface area contributed by atoms with Gasteiger partial charge in [0.25, 0.3) is 16.8 Å². The maximum atomic E-state index is 12.9. The summed E-state index contributed by atoms with van der Waals surface area (Å²) in [5.41, 5.74) is 2.56. The van der Waals surface area contributed by atoms with E-state index < -0.39 is 28.6 Å². The van der Waals surface area contributed by atoms with Gasteiger partial charge in [-0.2, -0.15) is 0 Å². The van der Waals surface area contributed by atoms with Gasteiger partial charge >= 0.3 is 5.97 Å². The van der Waals surface area contributed by atoms with E-state index >= 15 is 0 Å². The summed E-state index contributed by atoms with van der Waals surface area (Å²) in [6.45, 7) is 3.67. The van der Waals surface area contributed by atoms with Gasteiger partial charge in [0.2, 0.25) is 0 Å². The molecule has 1 aliphatic rings. The van der Waals surface area contributed by atoms with Crippen molar-refractivity contribution < 1.29 is 24.0 Å². The first kappa shape index (κ1) is 24.2. The van der Waals surface area contributed by atoms with E-state index in [0.29, 0.717) is 13.0 Å². The predicted molar refractivity (Wildman–Crippen MR) is 133 cm³/mol. The maximum absolute atomic E-state index is 12.9. The van der Waals surface area contributed by atoms with Crippen molar-refractivity contribution in [3.63, 3.8) is 0 Å². The summed E-state index contributed by atoms with van der Waals surface area (Å²) in [5, 5.41) is 11.3. The summed E-state index contributed by atoms with van der Waals surface area (Å²) in [4.78, 5) is 49.0. The van der Waals surface area contributed by atoms with Crippen LogP contribution in [0.1, 0.15) is 31.4 Å². The van der Waals surface area contributed by atoms with Crippen LogP contribution in [0.4, 0.5) is 10.5 Å². The molecule has 1 fully saturated rings. The van der Waals surface area contributed by atoms with Crippen LogP contribution in [-0.2, 0) is 20.9 Å². The number of carbonyl (C=O) groups excluding carboxylic acids is 3. The summed E-state index contributed by atoms with van der Waals surface area (Å²) in [6, 6.07) is 14.0. The number of nitro groups is 1. The van der Waals surface area contributed by atoms with Crippen molar-refractivity contribution in [1.82, 2.24) is 9.47 Å². The minimum absolute atomic E-state index is 0.0237. The van der Waals surface area contributed by atoms with Crippen molar-refractivity contribution in [3.8, 4) is 0 Å². The fourth-order valence-electron chi connectivity index (χ4n) is 3.69. The van der Waals surface area contributed by atoms with E-state index in [9.17, 15) is 24.5 Å². The van der Waals surface area contributed by atoms with Gasteiger partial charge in [0.1, 0.15) is 6.54 Å². The molecule has 35 heavy (non-hydrogen) atoms. The van der Waals surface area contributed by atoms with Gasteiger partial charge in [-0.25, -0.2) is 0 Å². The second-order valence-electron chi connectivity index (χ2n) is 8.13. The number of esters is 1. The van der Waals surface area contributed by atoms with Gasteiger partial charge in [-0.15, -0.1) is 0 Å². The fraction of sp³-hybridized carbons (Fsp3) is 0.240. The van der Waals surface area contributed by atoms with Crippen molar-refractivity contribution in [1.29, 1.82) is 0 Å². The Morgan fingerprint density at radius 3 is 2.57 bits per heavy atom. The Kier molecular flexibility index (Phi) is 7.02. The van der Waals surface area contributed by atoms with Crippen molar-refractivity contribution in [3.05, 3.63) is 80.9 Å². The van der Waals surface area contributed by atoms with Gasteiger partial charge in [-0.1, -0.05) is 37.3 Å². The summed E-state index contributed by atoms with van der Waals surface area (Å²) in [7, 11) is 0. The van der Waals surface area contributed by atoms with E-state index in [2.05, 4.69) is 0 Å². The number of amides is 2. The van der Waals surface area contributed by atoms with Gasteiger partial charge < -0.3 is 9.30 Å². The molecule has 0 spiro atoms. The Labute approximate surface area is 205 Å². The molecule has 1 atom stereocenters. The molecule has 3 aromatic rings. The standard InChI is InChI=1S/C25H23N3O6S/c1-3-16(2)34-23(29)15-27-24(30)22(35-25(27)31)12-18-14-26(21-7-5-4-6-20(18)21)13-17-8-10-19(11-9-17)28(32)33/h4-12,14,16H,3,13,15H2,1-2H3/b22-12-/t16-/m1/s1. The van der Waals surface area contributed by atoms with Gasteiger partial charge in [0, 0.05) is 41.3 Å². The van der Waals surface area contributed by atoms with Crippen LogP contribution in [0.25, 0.3) is 17.0 Å². The average molecular weight is 494 g/mol. The Balaban J connectivity index is 1.59. The minimum Gasteiger partial charge on any atom is -0.461 e. The Hall–Kier alpha value is -3.92. The third-order valence-corrected chi connectivity index (χ3v) is 6.58. The highest BCUT2D eigenvalue weighted by Crippen LogP contribution is 2.34. The minimum atomic E-state index is -0.623. The van der Waals surface area contributed by atoms with E-state index in [1.165, 1.54) is 12.1 Å². The number of imide groups is 1. The van der Waals surface area contributed by atoms with Gasteiger partial charge in [-0.05, 0) is 42.8 Å². The lowest BCUT2D eigenvalue weighted by Gasteiger charge is -2.14. The zero-order valence-electron chi connectivity index (χ0n) is 19.2. The number of rotatable bonds is 8. The van der Waals surface area contributed by atoms with E-state index in [1.807, 2.05) is 42.0 Å². The normalized spacial score (nSPS) is 15.7. The lowest BCUT2D eigenvalue weighted by Crippen LogP contribution is -2.35. The number of hydrogen-bond acceptors (Lipinski definition) is 7. The van der Waals surface area contributed by atoms with E-state index in [1.54, 1.807) is 25.1 Å². The molecule has 0 aliphatic carbocycles. The van der Waals surface area contributed by atoms with Crippen LogP contribution >= 0.6 is 11.8 Å². The van der Waals surface area contributed by atoms with Crippen LogP contribution in [0.15, 0.2) is 59.6 Å². The Morgan fingerprint density at radius 2 is 1.89 bits per heavy atom. The molecule has 9 nitrogen and oxygen atoms in total. The molecule has 0 saturated carbocycles. The smallest absolute Gasteiger partial charge is 0.326 e. The number of fused-ring (bicyclic) bond motifs is 1. The van der Waals surface area contributed by atoms with Crippen molar-refractivity contribution in [2.45, 2.75) is 32.9 Å². The van der Waals surface area contributed by atoms with Crippen LogP contribution in [0.3, 0.4) is 0 Å². The lowest BCUT2D eigenvalue weighted by molar-refractivity contribution is -0.384. The largest absolute Gasteiger partial charge is 0.461 e. The topological polar surface area (TPSA) is 112 Å². The van der Waals surface area contributed by atoms with Crippen molar-refractivity contribution >= 4 is 51.5 Å². The van der Waals surface area contributed by atoms with Crippen molar-refractivity contribution in [2.24, 2.45) is 0 Å². The number of aromatic nitrogens is 1. The number of hydrogen-bond donors (Lipinski definition) is 0. The number of carbonyl (C=O) groups is 3. The molecule has 10 heteroatoms. The third-order valence-electron chi connectivity index (χ3n) is 5.67. The molecule has 0 radical (unpaired) electrons. The first-order valence-electron chi connectivity index (χ1n) is 11.0. The molecule has 0 N–H and O–H groups in total. The molecular formula is C25H23N3O6S. The molecule has 1 saturated heterocycles. The molecule has 2 aromatic carbocycles. The summed E-state index contributed by atoms with van der Waals surface area (Å²) >= 11 is 0.787. The predicted octanol–water partition coefficient (Wildman–Crippen LogP) is 4.98. The van der Waals surface area contributed by atoms with Crippen LogP contribution in [0.5, 0.6) is 0 Å². The van der Waals surface area contributed by atoms with Gasteiger partial charge in [0.15, 0.2) is 0 Å². The third kappa shape index (κ3) is 5.27. The van der Waals surface area contributed by atoms with Crippen LogP contribution in [0.2, 0.25) is 0 Å². The maximum Gasteiger partial charge on any atom is 0.326 e.